The minimum atomic E-state index is -0.497. The highest BCUT2D eigenvalue weighted by molar-refractivity contribution is 14.1. The molecule has 1 heterocycles. The van der Waals surface area contributed by atoms with Crippen molar-refractivity contribution in [1.82, 2.24) is 15.3 Å². The van der Waals surface area contributed by atoms with Gasteiger partial charge in [0.15, 0.2) is 0 Å². The van der Waals surface area contributed by atoms with Crippen LogP contribution in [0.3, 0.4) is 0 Å². The second-order valence-corrected chi connectivity index (χ2v) is 5.81. The summed E-state index contributed by atoms with van der Waals surface area (Å²) in [6, 6.07) is 4.29. The van der Waals surface area contributed by atoms with Crippen LogP contribution in [0, 0.1) is 13.7 Å². The third-order valence-electron chi connectivity index (χ3n) is 3.17. The Kier molecular flexibility index (Phi) is 4.89. The van der Waals surface area contributed by atoms with Crippen molar-refractivity contribution in [3.05, 3.63) is 37.4 Å². The Morgan fingerprint density at radius 3 is 2.60 bits per heavy atom. The fourth-order valence-electron chi connectivity index (χ4n) is 1.92. The Morgan fingerprint density at radius 1 is 1.35 bits per heavy atom. The summed E-state index contributed by atoms with van der Waals surface area (Å²) in [6.07, 6.45) is 0. The second kappa shape index (κ2) is 6.46. The van der Waals surface area contributed by atoms with E-state index in [1.165, 1.54) is 12.1 Å². The van der Waals surface area contributed by atoms with Gasteiger partial charge in [0.05, 0.1) is 10.5 Å². The molecule has 0 aromatic heterocycles. The molecule has 0 aliphatic carbocycles. The average Bonchev–Trinajstić information content (AvgIpc) is 2.41. The molecule has 1 fully saturated rings. The number of hydrogen-bond acceptors (Lipinski definition) is 5. The van der Waals surface area contributed by atoms with Crippen molar-refractivity contribution in [2.45, 2.75) is 0 Å². The van der Waals surface area contributed by atoms with Crippen molar-refractivity contribution >= 4 is 34.2 Å². The largest absolute Gasteiger partial charge is 0.304 e. The lowest BCUT2D eigenvalue weighted by Gasteiger charge is -2.32. The zero-order chi connectivity index (χ0) is 14.7. The number of non-ortho nitro benzene ring substituents is 1. The first-order chi connectivity index (χ1) is 9.47. The molecule has 0 spiro atoms. The van der Waals surface area contributed by atoms with Gasteiger partial charge in [0, 0.05) is 41.9 Å². The van der Waals surface area contributed by atoms with Gasteiger partial charge in [-0.05, 0) is 35.7 Å². The summed E-state index contributed by atoms with van der Waals surface area (Å²) >= 11 is 2.00. The van der Waals surface area contributed by atoms with Crippen LogP contribution in [0.5, 0.6) is 0 Å². The van der Waals surface area contributed by atoms with Gasteiger partial charge in [-0.15, -0.1) is 0 Å². The van der Waals surface area contributed by atoms with Crippen LogP contribution < -0.4 is 5.43 Å². The molecule has 2 rings (SSSR count). The van der Waals surface area contributed by atoms with E-state index in [-0.39, 0.29) is 11.6 Å². The molecule has 0 radical (unpaired) electrons. The van der Waals surface area contributed by atoms with Gasteiger partial charge in [-0.2, -0.15) is 0 Å². The predicted molar refractivity (Wildman–Crippen MR) is 82.3 cm³/mol. The van der Waals surface area contributed by atoms with E-state index in [1.54, 1.807) is 6.07 Å². The molecule has 0 saturated carbocycles. The summed E-state index contributed by atoms with van der Waals surface area (Å²) < 4.78 is 0.694. The number of hydrazine groups is 1. The number of piperazine rings is 1. The molecule has 0 atom stereocenters. The monoisotopic (exact) mass is 390 g/mol. The molecule has 108 valence electrons. The summed E-state index contributed by atoms with van der Waals surface area (Å²) in [6.45, 7) is 3.25. The Labute approximate surface area is 130 Å². The molecular weight excluding hydrogens is 375 g/mol. The number of hydrogen-bond donors (Lipinski definition) is 1. The van der Waals surface area contributed by atoms with E-state index in [1.807, 2.05) is 34.6 Å². The molecule has 1 aliphatic rings. The summed E-state index contributed by atoms with van der Waals surface area (Å²) in [5.41, 5.74) is 3.06. The lowest BCUT2D eigenvalue weighted by molar-refractivity contribution is -0.384. The van der Waals surface area contributed by atoms with Crippen molar-refractivity contribution in [2.75, 3.05) is 33.2 Å². The van der Waals surface area contributed by atoms with Crippen LogP contribution in [0.15, 0.2) is 18.2 Å². The van der Waals surface area contributed by atoms with Crippen molar-refractivity contribution in [2.24, 2.45) is 0 Å². The molecule has 1 aromatic rings. The zero-order valence-electron chi connectivity index (χ0n) is 11.0. The average molecular weight is 390 g/mol. The molecule has 7 nitrogen and oxygen atoms in total. The van der Waals surface area contributed by atoms with Gasteiger partial charge in [-0.3, -0.25) is 20.3 Å². The number of nitro benzene ring substituents is 1. The summed E-state index contributed by atoms with van der Waals surface area (Å²) in [7, 11) is 2.03. The maximum Gasteiger partial charge on any atom is 0.270 e. The molecule has 20 heavy (non-hydrogen) atoms. The highest BCUT2D eigenvalue weighted by Gasteiger charge is 2.19. The number of carbonyl (C=O) groups is 1. The highest BCUT2D eigenvalue weighted by atomic mass is 127. The highest BCUT2D eigenvalue weighted by Crippen LogP contribution is 2.19. The maximum absolute atomic E-state index is 12.2. The number of carbonyl (C=O) groups excluding carboxylic acids is 1. The van der Waals surface area contributed by atoms with Gasteiger partial charge in [0.25, 0.3) is 11.6 Å². The maximum atomic E-state index is 12.2. The van der Waals surface area contributed by atoms with E-state index >= 15 is 0 Å². The standard InChI is InChI=1S/C12H15IN4O3/c1-15-4-6-16(7-5-15)14-12(18)10-8-9(17(19)20)2-3-11(10)13/h2-3,8H,4-7H2,1H3,(H,14,18). The number of likely N-dealkylation sites (N-methyl/N-ethyl adjacent to an activating group) is 1. The van der Waals surface area contributed by atoms with Crippen LogP contribution >= 0.6 is 22.6 Å². The van der Waals surface area contributed by atoms with Crippen LogP contribution in [0.2, 0.25) is 0 Å². The minimum Gasteiger partial charge on any atom is -0.304 e. The SMILES string of the molecule is CN1CCN(NC(=O)c2cc([N+](=O)[O-])ccc2I)CC1. The summed E-state index contributed by atoms with van der Waals surface area (Å²) in [4.78, 5) is 24.6. The van der Waals surface area contributed by atoms with Crippen molar-refractivity contribution in [1.29, 1.82) is 0 Å². The fraction of sp³-hybridized carbons (Fsp3) is 0.417. The van der Waals surface area contributed by atoms with Crippen LogP contribution in [0.1, 0.15) is 10.4 Å². The number of nitrogens with zero attached hydrogens (tertiary/aromatic N) is 3. The quantitative estimate of drug-likeness (QED) is 0.475. The van der Waals surface area contributed by atoms with Crippen molar-refractivity contribution in [3.8, 4) is 0 Å². The summed E-state index contributed by atoms with van der Waals surface area (Å²) in [5, 5.41) is 12.6. The lowest BCUT2D eigenvalue weighted by atomic mass is 10.2. The van der Waals surface area contributed by atoms with Gasteiger partial charge in [-0.25, -0.2) is 5.01 Å². The van der Waals surface area contributed by atoms with Gasteiger partial charge in [0.2, 0.25) is 0 Å². The van der Waals surface area contributed by atoms with Gasteiger partial charge in [0.1, 0.15) is 0 Å². The molecule has 1 aliphatic heterocycles. The van der Waals surface area contributed by atoms with Gasteiger partial charge >= 0.3 is 0 Å². The first kappa shape index (κ1) is 15.1. The van der Waals surface area contributed by atoms with Gasteiger partial charge in [-0.1, -0.05) is 0 Å². The molecule has 8 heteroatoms. The molecule has 0 unspecified atom stereocenters. The second-order valence-electron chi connectivity index (χ2n) is 4.65. The molecule has 0 bridgehead atoms. The number of nitro groups is 1. The van der Waals surface area contributed by atoms with E-state index in [2.05, 4.69) is 10.3 Å². The normalized spacial score (nSPS) is 16.9. The number of halogens is 1. The number of benzene rings is 1. The molecular formula is C12H15IN4O3. The molecule has 1 amide bonds. The fourth-order valence-corrected chi connectivity index (χ4v) is 2.50. The van der Waals surface area contributed by atoms with E-state index < -0.39 is 4.92 Å². The van der Waals surface area contributed by atoms with Crippen molar-refractivity contribution < 1.29 is 9.72 Å². The van der Waals surface area contributed by atoms with E-state index in [0.717, 1.165) is 26.2 Å². The van der Waals surface area contributed by atoms with E-state index in [0.29, 0.717) is 9.13 Å². The molecule has 1 aromatic carbocycles. The third-order valence-corrected chi connectivity index (χ3v) is 4.11. The minimum absolute atomic E-state index is 0.0751. The number of amides is 1. The summed E-state index contributed by atoms with van der Waals surface area (Å²) in [5.74, 6) is -0.303. The lowest BCUT2D eigenvalue weighted by Crippen LogP contribution is -2.52. The molecule has 1 N–H and O–H groups in total. The first-order valence-electron chi connectivity index (χ1n) is 6.16. The number of rotatable bonds is 3. The Morgan fingerprint density at radius 2 is 2.00 bits per heavy atom. The zero-order valence-corrected chi connectivity index (χ0v) is 13.2. The molecule has 1 saturated heterocycles. The third kappa shape index (κ3) is 3.64. The van der Waals surface area contributed by atoms with E-state index in [9.17, 15) is 14.9 Å². The van der Waals surface area contributed by atoms with Crippen LogP contribution in [-0.4, -0.2) is 54.0 Å². The predicted octanol–water partition coefficient (Wildman–Crippen LogP) is 1.09. The van der Waals surface area contributed by atoms with Crippen LogP contribution in [-0.2, 0) is 0 Å². The Bertz CT molecular complexity index is 529. The van der Waals surface area contributed by atoms with Gasteiger partial charge < -0.3 is 4.90 Å². The van der Waals surface area contributed by atoms with Crippen LogP contribution in [0.25, 0.3) is 0 Å². The van der Waals surface area contributed by atoms with E-state index in [4.69, 9.17) is 0 Å². The smallest absolute Gasteiger partial charge is 0.270 e. The topological polar surface area (TPSA) is 78.7 Å². The Balaban J connectivity index is 2.08. The van der Waals surface area contributed by atoms with Crippen molar-refractivity contribution in [3.63, 3.8) is 0 Å². The van der Waals surface area contributed by atoms with Crippen LogP contribution in [0.4, 0.5) is 5.69 Å². The number of nitrogens with one attached hydrogen (secondary N) is 1. The first-order valence-corrected chi connectivity index (χ1v) is 7.23. The Hall–Kier alpha value is -1.26.